The maximum Gasteiger partial charge on any atom is 0.0799 e. The van der Waals surface area contributed by atoms with Crippen molar-refractivity contribution in [1.82, 2.24) is 4.90 Å². The molecule has 0 radical (unpaired) electrons. The summed E-state index contributed by atoms with van der Waals surface area (Å²) in [4.78, 5) is 2.48. The topological polar surface area (TPSA) is 21.7 Å². The molecule has 0 aromatic heterocycles. The second-order valence-electron chi connectivity index (χ2n) is 3.65. The quantitative estimate of drug-likeness (QED) is 0.537. The molecule has 0 aliphatic carbocycles. The van der Waals surface area contributed by atoms with Crippen LogP contribution < -0.4 is 0 Å². The molecule has 0 bridgehead atoms. The minimum atomic E-state index is 0.381. The zero-order valence-corrected chi connectivity index (χ0v) is 10.5. The predicted molar refractivity (Wildman–Crippen MR) is 61.1 cm³/mol. The van der Waals surface area contributed by atoms with Gasteiger partial charge in [-0.2, -0.15) is 0 Å². The highest BCUT2D eigenvalue weighted by atomic mass is 79.9. The average Bonchev–Trinajstić information content (AvgIpc) is 2.25. The summed E-state index contributed by atoms with van der Waals surface area (Å²) in [5.41, 5.74) is 0. The Bertz CT molecular complexity index is 146. The van der Waals surface area contributed by atoms with Crippen LogP contribution in [0.3, 0.4) is 0 Å². The first-order valence-corrected chi connectivity index (χ1v) is 6.38. The van der Waals surface area contributed by atoms with Crippen molar-refractivity contribution >= 4 is 15.9 Å². The summed E-state index contributed by atoms with van der Waals surface area (Å²) >= 11 is 3.46. The van der Waals surface area contributed by atoms with E-state index in [-0.39, 0.29) is 0 Å². The van der Waals surface area contributed by atoms with Crippen LogP contribution in [0.1, 0.15) is 12.8 Å². The molecule has 4 heteroatoms. The summed E-state index contributed by atoms with van der Waals surface area (Å²) in [6.07, 6.45) is 2.77. The van der Waals surface area contributed by atoms with Crippen molar-refractivity contribution in [3.8, 4) is 0 Å². The molecule has 1 heterocycles. The lowest BCUT2D eigenvalue weighted by atomic mass is 10.2. The van der Waals surface area contributed by atoms with Crippen LogP contribution in [-0.4, -0.2) is 56.3 Å². The van der Waals surface area contributed by atoms with Gasteiger partial charge in [0, 0.05) is 32.1 Å². The third kappa shape index (κ3) is 4.73. The largest absolute Gasteiger partial charge is 0.385 e. The molecule has 3 nitrogen and oxygen atoms in total. The molecule has 1 fully saturated rings. The number of ether oxygens (including phenoxy) is 2. The smallest absolute Gasteiger partial charge is 0.0799 e. The number of alkyl halides is 1. The first-order chi connectivity index (χ1) is 6.86. The van der Waals surface area contributed by atoms with Crippen molar-refractivity contribution in [2.75, 3.05) is 45.3 Å². The second-order valence-corrected chi connectivity index (χ2v) is 4.30. The van der Waals surface area contributed by atoms with Crippen LogP contribution in [0.15, 0.2) is 0 Å². The van der Waals surface area contributed by atoms with Crippen LogP contribution in [0.5, 0.6) is 0 Å². The van der Waals surface area contributed by atoms with E-state index in [4.69, 9.17) is 9.47 Å². The number of rotatable bonds is 6. The molecular weight excluding hydrogens is 246 g/mol. The van der Waals surface area contributed by atoms with Gasteiger partial charge in [-0.25, -0.2) is 0 Å². The maximum atomic E-state index is 5.57. The molecule has 1 aliphatic heterocycles. The van der Waals surface area contributed by atoms with Crippen LogP contribution in [0.2, 0.25) is 0 Å². The van der Waals surface area contributed by atoms with Gasteiger partial charge in [-0.1, -0.05) is 15.9 Å². The van der Waals surface area contributed by atoms with Gasteiger partial charge < -0.3 is 9.47 Å². The van der Waals surface area contributed by atoms with Crippen LogP contribution in [0, 0.1) is 0 Å². The third-order valence-electron chi connectivity index (χ3n) is 2.47. The number of halogens is 1. The van der Waals surface area contributed by atoms with Crippen molar-refractivity contribution in [1.29, 1.82) is 0 Å². The maximum absolute atomic E-state index is 5.57. The van der Waals surface area contributed by atoms with Gasteiger partial charge in [-0.15, -0.1) is 0 Å². The molecule has 0 amide bonds. The fourth-order valence-electron chi connectivity index (χ4n) is 1.66. The molecule has 0 N–H and O–H groups in total. The van der Waals surface area contributed by atoms with Crippen molar-refractivity contribution in [2.45, 2.75) is 18.9 Å². The predicted octanol–water partition coefficient (Wildman–Crippen LogP) is 1.51. The number of hydrogen-bond donors (Lipinski definition) is 0. The Kier molecular flexibility index (Phi) is 6.77. The average molecular weight is 266 g/mol. The van der Waals surface area contributed by atoms with Gasteiger partial charge in [0.25, 0.3) is 0 Å². The van der Waals surface area contributed by atoms with Crippen LogP contribution in [-0.2, 0) is 9.47 Å². The summed E-state index contributed by atoms with van der Waals surface area (Å²) in [7, 11) is 1.76. The summed E-state index contributed by atoms with van der Waals surface area (Å²) in [6.45, 7) is 5.08. The highest BCUT2D eigenvalue weighted by molar-refractivity contribution is 9.09. The minimum Gasteiger partial charge on any atom is -0.385 e. The first-order valence-electron chi connectivity index (χ1n) is 5.25. The van der Waals surface area contributed by atoms with E-state index >= 15 is 0 Å². The van der Waals surface area contributed by atoms with Crippen molar-refractivity contribution in [2.24, 2.45) is 0 Å². The van der Waals surface area contributed by atoms with E-state index < -0.39 is 0 Å². The van der Waals surface area contributed by atoms with Crippen LogP contribution >= 0.6 is 15.9 Å². The Labute approximate surface area is 94.9 Å². The molecule has 1 saturated heterocycles. The number of morpholine rings is 1. The van der Waals surface area contributed by atoms with E-state index in [2.05, 4.69) is 20.8 Å². The molecule has 0 aromatic carbocycles. The standard InChI is InChI=1S/C10H20BrNO2/c1-13-6-3-2-4-12-5-7-14-10(8-11)9-12/h10H,2-9H2,1H3. The van der Waals surface area contributed by atoms with E-state index in [1.54, 1.807) is 7.11 Å². The van der Waals surface area contributed by atoms with Gasteiger partial charge in [0.05, 0.1) is 12.7 Å². The lowest BCUT2D eigenvalue weighted by Gasteiger charge is -2.31. The number of unbranched alkanes of at least 4 members (excludes halogenated alkanes) is 1. The second kappa shape index (κ2) is 7.63. The highest BCUT2D eigenvalue weighted by Gasteiger charge is 2.18. The van der Waals surface area contributed by atoms with Gasteiger partial charge >= 0.3 is 0 Å². The zero-order valence-electron chi connectivity index (χ0n) is 8.88. The first kappa shape index (κ1) is 12.4. The molecule has 84 valence electrons. The Hall–Kier alpha value is 0.360. The molecule has 14 heavy (non-hydrogen) atoms. The van der Waals surface area contributed by atoms with Gasteiger partial charge in [0.1, 0.15) is 0 Å². The monoisotopic (exact) mass is 265 g/mol. The van der Waals surface area contributed by atoms with E-state index in [1.807, 2.05) is 0 Å². The van der Waals surface area contributed by atoms with Crippen molar-refractivity contribution in [3.63, 3.8) is 0 Å². The van der Waals surface area contributed by atoms with Crippen molar-refractivity contribution in [3.05, 3.63) is 0 Å². The van der Waals surface area contributed by atoms with Crippen LogP contribution in [0.4, 0.5) is 0 Å². The Morgan fingerprint density at radius 1 is 1.50 bits per heavy atom. The molecule has 0 aromatic rings. The Balaban J connectivity index is 2.05. The summed E-state index contributed by atoms with van der Waals surface area (Å²) in [6, 6.07) is 0. The summed E-state index contributed by atoms with van der Waals surface area (Å²) in [5, 5.41) is 0.946. The number of methoxy groups -OCH3 is 1. The zero-order chi connectivity index (χ0) is 10.2. The lowest BCUT2D eigenvalue weighted by molar-refractivity contribution is -0.0158. The van der Waals surface area contributed by atoms with Crippen molar-refractivity contribution < 1.29 is 9.47 Å². The molecule has 1 atom stereocenters. The minimum absolute atomic E-state index is 0.381. The third-order valence-corrected chi connectivity index (χ3v) is 3.19. The Morgan fingerprint density at radius 3 is 3.07 bits per heavy atom. The normalized spacial score (nSPS) is 24.0. The van der Waals surface area contributed by atoms with Gasteiger partial charge in [-0.3, -0.25) is 4.90 Å². The Morgan fingerprint density at radius 2 is 2.36 bits per heavy atom. The molecule has 1 aliphatic rings. The molecule has 0 saturated carbocycles. The van der Waals surface area contributed by atoms with E-state index in [1.165, 1.54) is 13.0 Å². The molecule has 0 spiro atoms. The van der Waals surface area contributed by atoms with Gasteiger partial charge in [0.2, 0.25) is 0 Å². The molecule has 1 rings (SSSR count). The number of hydrogen-bond acceptors (Lipinski definition) is 3. The van der Waals surface area contributed by atoms with Gasteiger partial charge in [0.15, 0.2) is 0 Å². The summed E-state index contributed by atoms with van der Waals surface area (Å²) in [5.74, 6) is 0. The van der Waals surface area contributed by atoms with Crippen LogP contribution in [0.25, 0.3) is 0 Å². The summed E-state index contributed by atoms with van der Waals surface area (Å²) < 4.78 is 10.6. The molecule has 1 unspecified atom stereocenters. The van der Waals surface area contributed by atoms with Gasteiger partial charge in [-0.05, 0) is 19.4 Å². The fraction of sp³-hybridized carbons (Fsp3) is 1.00. The SMILES string of the molecule is COCCCCN1CCOC(CBr)C1. The lowest BCUT2D eigenvalue weighted by Crippen LogP contribution is -2.43. The van der Waals surface area contributed by atoms with E-state index in [0.717, 1.165) is 38.1 Å². The fourth-order valence-corrected chi connectivity index (χ4v) is 2.05. The van der Waals surface area contributed by atoms with E-state index in [0.29, 0.717) is 6.10 Å². The highest BCUT2D eigenvalue weighted by Crippen LogP contribution is 2.08. The van der Waals surface area contributed by atoms with E-state index in [9.17, 15) is 0 Å². The molecular formula is C10H20BrNO2. The number of nitrogens with zero attached hydrogens (tertiary/aromatic N) is 1.